The number of nitrogen functional groups attached to an aromatic ring is 1. The van der Waals surface area contributed by atoms with Crippen molar-refractivity contribution in [1.29, 1.82) is 0 Å². The number of rotatable bonds is 6. The molecule has 4 N–H and O–H groups in total. The van der Waals surface area contributed by atoms with Crippen molar-refractivity contribution < 1.29 is 4.74 Å². The van der Waals surface area contributed by atoms with E-state index in [0.29, 0.717) is 12.5 Å². The minimum Gasteiger partial charge on any atom is -0.461 e. The molecule has 20 heavy (non-hydrogen) atoms. The predicted octanol–water partition coefficient (Wildman–Crippen LogP) is -0.315. The van der Waals surface area contributed by atoms with Crippen LogP contribution in [0.15, 0.2) is 6.33 Å². The van der Waals surface area contributed by atoms with Gasteiger partial charge in [-0.25, -0.2) is 5.84 Å². The Morgan fingerprint density at radius 2 is 2.05 bits per heavy atom. The standard InChI is InChI=1S/C10H17N9O/c1-6(2)20-10-15-8(14-9(16-10)17-11)12-4-7-18-13-5-19(7)3/h5-6H,4,11H2,1-3H3,(H2,12,14,15,16,17). The molecule has 0 fully saturated rings. The van der Waals surface area contributed by atoms with Crippen LogP contribution >= 0.6 is 0 Å². The smallest absolute Gasteiger partial charge is 0.323 e. The van der Waals surface area contributed by atoms with E-state index in [1.807, 2.05) is 20.9 Å². The Kier molecular flexibility index (Phi) is 4.25. The van der Waals surface area contributed by atoms with E-state index in [0.717, 1.165) is 5.82 Å². The summed E-state index contributed by atoms with van der Waals surface area (Å²) in [5.41, 5.74) is 2.37. The number of aromatic nitrogens is 6. The lowest BCUT2D eigenvalue weighted by Gasteiger charge is -2.10. The van der Waals surface area contributed by atoms with E-state index in [1.165, 1.54) is 0 Å². The summed E-state index contributed by atoms with van der Waals surface area (Å²) < 4.78 is 7.22. The zero-order valence-corrected chi connectivity index (χ0v) is 11.5. The summed E-state index contributed by atoms with van der Waals surface area (Å²) in [5, 5.41) is 10.8. The Bertz CT molecular complexity index is 568. The number of nitrogens with one attached hydrogen (secondary N) is 2. The molecule has 0 aliphatic carbocycles. The van der Waals surface area contributed by atoms with Crippen LogP contribution in [0.5, 0.6) is 6.01 Å². The monoisotopic (exact) mass is 279 g/mol. The van der Waals surface area contributed by atoms with Crippen LogP contribution in [0.4, 0.5) is 11.9 Å². The maximum Gasteiger partial charge on any atom is 0.323 e. The molecule has 0 spiro atoms. The van der Waals surface area contributed by atoms with Crippen molar-refractivity contribution in [1.82, 2.24) is 29.7 Å². The maximum absolute atomic E-state index is 5.43. The molecule has 2 aromatic heterocycles. The lowest BCUT2D eigenvalue weighted by Crippen LogP contribution is -2.16. The molecule has 0 unspecified atom stereocenters. The van der Waals surface area contributed by atoms with Gasteiger partial charge in [-0.15, -0.1) is 10.2 Å². The van der Waals surface area contributed by atoms with E-state index in [-0.39, 0.29) is 18.1 Å². The first kappa shape index (κ1) is 13.9. The molecule has 0 atom stereocenters. The van der Waals surface area contributed by atoms with Crippen molar-refractivity contribution in [3.05, 3.63) is 12.2 Å². The Labute approximate surface area is 115 Å². The highest BCUT2D eigenvalue weighted by molar-refractivity contribution is 5.35. The van der Waals surface area contributed by atoms with Gasteiger partial charge in [0.05, 0.1) is 12.6 Å². The molecule has 2 rings (SSSR count). The number of ether oxygens (including phenoxy) is 1. The molecule has 10 nitrogen and oxygen atoms in total. The summed E-state index contributed by atoms with van der Waals surface area (Å²) in [7, 11) is 1.85. The number of nitrogens with two attached hydrogens (primary N) is 1. The molecule has 10 heteroatoms. The fourth-order valence-electron chi connectivity index (χ4n) is 1.39. The van der Waals surface area contributed by atoms with Gasteiger partial charge in [-0.2, -0.15) is 15.0 Å². The van der Waals surface area contributed by atoms with E-state index in [4.69, 9.17) is 10.6 Å². The fourth-order valence-corrected chi connectivity index (χ4v) is 1.39. The first-order valence-corrected chi connectivity index (χ1v) is 6.04. The molecule has 0 aromatic carbocycles. The number of hydrogen-bond donors (Lipinski definition) is 3. The highest BCUT2D eigenvalue weighted by Gasteiger charge is 2.09. The van der Waals surface area contributed by atoms with Gasteiger partial charge in [-0.1, -0.05) is 0 Å². The van der Waals surface area contributed by atoms with Crippen LogP contribution in [-0.2, 0) is 13.6 Å². The number of aryl methyl sites for hydroxylation is 1. The molecule has 0 amide bonds. The van der Waals surface area contributed by atoms with Crippen LogP contribution in [0.1, 0.15) is 19.7 Å². The van der Waals surface area contributed by atoms with Gasteiger partial charge in [0.15, 0.2) is 5.82 Å². The average molecular weight is 279 g/mol. The molecule has 0 saturated carbocycles. The van der Waals surface area contributed by atoms with Crippen molar-refractivity contribution in [3.8, 4) is 6.01 Å². The zero-order valence-electron chi connectivity index (χ0n) is 11.5. The molecule has 0 saturated heterocycles. The van der Waals surface area contributed by atoms with Crippen LogP contribution in [0.25, 0.3) is 0 Å². The lowest BCUT2D eigenvalue weighted by atomic mass is 10.5. The van der Waals surface area contributed by atoms with Gasteiger partial charge in [0, 0.05) is 7.05 Å². The van der Waals surface area contributed by atoms with Crippen molar-refractivity contribution in [2.24, 2.45) is 12.9 Å². The first-order chi connectivity index (χ1) is 9.58. The van der Waals surface area contributed by atoms with E-state index in [9.17, 15) is 0 Å². The molecule has 108 valence electrons. The summed E-state index contributed by atoms with van der Waals surface area (Å²) >= 11 is 0. The second kappa shape index (κ2) is 6.10. The summed E-state index contributed by atoms with van der Waals surface area (Å²) in [6.07, 6.45) is 1.57. The second-order valence-corrected chi connectivity index (χ2v) is 4.29. The summed E-state index contributed by atoms with van der Waals surface area (Å²) in [5.74, 6) is 6.63. The van der Waals surface area contributed by atoms with Gasteiger partial charge < -0.3 is 14.6 Å². The summed E-state index contributed by atoms with van der Waals surface area (Å²) in [4.78, 5) is 12.2. The highest BCUT2D eigenvalue weighted by atomic mass is 16.5. The quantitative estimate of drug-likeness (QED) is 0.481. The molecule has 0 aliphatic heterocycles. The summed E-state index contributed by atoms with van der Waals surface area (Å²) in [6.45, 7) is 4.18. The summed E-state index contributed by atoms with van der Waals surface area (Å²) in [6, 6.07) is 0.198. The minimum absolute atomic E-state index is 0.0467. The van der Waals surface area contributed by atoms with Gasteiger partial charge in [0.25, 0.3) is 0 Å². The van der Waals surface area contributed by atoms with Crippen LogP contribution in [0.3, 0.4) is 0 Å². The number of nitrogens with zero attached hydrogens (tertiary/aromatic N) is 6. The van der Waals surface area contributed by atoms with E-state index in [1.54, 1.807) is 10.9 Å². The maximum atomic E-state index is 5.43. The molecule has 2 aromatic rings. The molecule has 0 radical (unpaired) electrons. The third-order valence-electron chi connectivity index (χ3n) is 2.29. The molecule has 0 bridgehead atoms. The highest BCUT2D eigenvalue weighted by Crippen LogP contribution is 2.12. The minimum atomic E-state index is -0.0467. The van der Waals surface area contributed by atoms with Crippen molar-refractivity contribution >= 4 is 11.9 Å². The fraction of sp³-hybridized carbons (Fsp3) is 0.500. The second-order valence-electron chi connectivity index (χ2n) is 4.29. The van der Waals surface area contributed by atoms with Crippen molar-refractivity contribution in [3.63, 3.8) is 0 Å². The van der Waals surface area contributed by atoms with Crippen molar-refractivity contribution in [2.45, 2.75) is 26.5 Å². The molecule has 2 heterocycles. The van der Waals surface area contributed by atoms with E-state index in [2.05, 4.69) is 35.9 Å². The van der Waals surface area contributed by atoms with Crippen molar-refractivity contribution in [2.75, 3.05) is 10.7 Å². The van der Waals surface area contributed by atoms with Crippen LogP contribution in [0, 0.1) is 0 Å². The van der Waals surface area contributed by atoms with Gasteiger partial charge >= 0.3 is 6.01 Å². The zero-order chi connectivity index (χ0) is 14.5. The number of hydrogen-bond acceptors (Lipinski definition) is 9. The van der Waals surface area contributed by atoms with E-state index >= 15 is 0 Å². The average Bonchev–Trinajstić information content (AvgIpc) is 2.81. The van der Waals surface area contributed by atoms with Crippen LogP contribution in [-0.4, -0.2) is 35.8 Å². The van der Waals surface area contributed by atoms with Gasteiger partial charge in [-0.3, -0.25) is 5.43 Å². The van der Waals surface area contributed by atoms with Gasteiger partial charge in [0.1, 0.15) is 6.33 Å². The lowest BCUT2D eigenvalue weighted by molar-refractivity contribution is 0.222. The third-order valence-corrected chi connectivity index (χ3v) is 2.29. The number of hydrazine groups is 1. The topological polar surface area (TPSA) is 129 Å². The number of anilines is 2. The molecule has 0 aliphatic rings. The first-order valence-electron chi connectivity index (χ1n) is 6.04. The Hall–Kier alpha value is -2.49. The molecular formula is C10H17N9O. The van der Waals surface area contributed by atoms with Crippen LogP contribution in [0.2, 0.25) is 0 Å². The normalized spacial score (nSPS) is 10.7. The van der Waals surface area contributed by atoms with Gasteiger partial charge in [-0.05, 0) is 13.8 Å². The Balaban J connectivity index is 2.12. The largest absolute Gasteiger partial charge is 0.461 e. The Morgan fingerprint density at radius 3 is 2.65 bits per heavy atom. The Morgan fingerprint density at radius 1 is 1.30 bits per heavy atom. The predicted molar refractivity (Wildman–Crippen MR) is 71.7 cm³/mol. The SMILES string of the molecule is CC(C)Oc1nc(NN)nc(NCc2nncn2C)n1. The van der Waals surface area contributed by atoms with Crippen LogP contribution < -0.4 is 21.3 Å². The molecular weight excluding hydrogens is 262 g/mol. The third kappa shape index (κ3) is 3.51. The van der Waals surface area contributed by atoms with E-state index < -0.39 is 0 Å². The van der Waals surface area contributed by atoms with Gasteiger partial charge in [0.2, 0.25) is 11.9 Å².